The molecule has 3 aromatic rings. The van der Waals surface area contributed by atoms with Gasteiger partial charge in [0, 0.05) is 12.7 Å². The summed E-state index contributed by atoms with van der Waals surface area (Å²) in [4.78, 5) is 2.13. The molecule has 0 aliphatic rings. The molecule has 0 fully saturated rings. The largest absolute Gasteiger partial charge is 0.386 e. The van der Waals surface area contributed by atoms with Gasteiger partial charge in [0.1, 0.15) is 6.10 Å². The molecule has 0 aromatic heterocycles. The van der Waals surface area contributed by atoms with Crippen molar-refractivity contribution in [3.05, 3.63) is 102 Å². The lowest BCUT2D eigenvalue weighted by atomic mass is 9.94. The van der Waals surface area contributed by atoms with Crippen molar-refractivity contribution >= 4 is 5.69 Å². The SMILES string of the molecule is CN(c1ccccc1)[C@@H](c1ccccc1)[C@@H](O)c1ccccc1. The third kappa shape index (κ3) is 3.43. The van der Waals surface area contributed by atoms with Crippen LogP contribution in [0.1, 0.15) is 23.3 Å². The Morgan fingerprint density at radius 3 is 1.61 bits per heavy atom. The summed E-state index contributed by atoms with van der Waals surface area (Å²) in [5.41, 5.74) is 3.09. The first kappa shape index (κ1) is 15.3. The molecule has 1 N–H and O–H groups in total. The van der Waals surface area contributed by atoms with E-state index in [0.29, 0.717) is 0 Å². The number of aliphatic hydroxyl groups excluding tert-OH is 1. The molecule has 0 saturated heterocycles. The van der Waals surface area contributed by atoms with Crippen LogP contribution in [0.3, 0.4) is 0 Å². The highest BCUT2D eigenvalue weighted by Gasteiger charge is 2.26. The predicted molar refractivity (Wildman–Crippen MR) is 95.4 cm³/mol. The Balaban J connectivity index is 2.01. The summed E-state index contributed by atoms with van der Waals surface area (Å²) < 4.78 is 0. The zero-order chi connectivity index (χ0) is 16.1. The van der Waals surface area contributed by atoms with Gasteiger partial charge >= 0.3 is 0 Å². The number of hydrogen-bond donors (Lipinski definition) is 1. The van der Waals surface area contributed by atoms with Gasteiger partial charge in [-0.1, -0.05) is 78.9 Å². The number of hydrogen-bond acceptors (Lipinski definition) is 2. The van der Waals surface area contributed by atoms with Gasteiger partial charge in [-0.05, 0) is 23.3 Å². The maximum atomic E-state index is 11.0. The highest BCUT2D eigenvalue weighted by Crippen LogP contribution is 2.35. The van der Waals surface area contributed by atoms with Crippen LogP contribution in [0.25, 0.3) is 0 Å². The summed E-state index contributed by atoms with van der Waals surface area (Å²) in [6.07, 6.45) is -0.608. The van der Waals surface area contributed by atoms with E-state index in [1.165, 1.54) is 0 Å². The van der Waals surface area contributed by atoms with Crippen LogP contribution in [-0.4, -0.2) is 12.2 Å². The Kier molecular flexibility index (Phi) is 4.74. The summed E-state index contributed by atoms with van der Waals surface area (Å²) in [7, 11) is 2.03. The molecule has 23 heavy (non-hydrogen) atoms. The molecule has 0 unspecified atom stereocenters. The standard InChI is InChI=1S/C21H21NO/c1-22(19-15-9-4-10-16-19)20(17-11-5-2-6-12-17)21(23)18-13-7-3-8-14-18/h2-16,20-21,23H,1H3/t20-,21-/m0/s1. The number of benzene rings is 3. The molecular weight excluding hydrogens is 282 g/mol. The fraction of sp³-hybridized carbons (Fsp3) is 0.143. The lowest BCUT2D eigenvalue weighted by Crippen LogP contribution is -2.29. The van der Waals surface area contributed by atoms with Gasteiger partial charge in [0.25, 0.3) is 0 Å². The second-order valence-corrected chi connectivity index (χ2v) is 5.66. The monoisotopic (exact) mass is 303 g/mol. The molecule has 0 radical (unpaired) electrons. The van der Waals surface area contributed by atoms with Crippen molar-refractivity contribution < 1.29 is 5.11 Å². The first-order valence-corrected chi connectivity index (χ1v) is 7.83. The van der Waals surface area contributed by atoms with Gasteiger partial charge in [-0.15, -0.1) is 0 Å². The van der Waals surface area contributed by atoms with Gasteiger partial charge in [-0.2, -0.15) is 0 Å². The normalized spacial score (nSPS) is 13.3. The predicted octanol–water partition coefficient (Wildman–Crippen LogP) is 4.60. The summed E-state index contributed by atoms with van der Waals surface area (Å²) in [6.45, 7) is 0. The van der Waals surface area contributed by atoms with Crippen molar-refractivity contribution in [3.8, 4) is 0 Å². The van der Waals surface area contributed by atoms with Gasteiger partial charge in [0.05, 0.1) is 6.04 Å². The van der Waals surface area contributed by atoms with Crippen LogP contribution >= 0.6 is 0 Å². The van der Waals surface area contributed by atoms with Crippen LogP contribution in [0.4, 0.5) is 5.69 Å². The topological polar surface area (TPSA) is 23.5 Å². The maximum Gasteiger partial charge on any atom is 0.103 e. The molecule has 0 saturated carbocycles. The van der Waals surface area contributed by atoms with Crippen LogP contribution in [0.15, 0.2) is 91.0 Å². The molecule has 116 valence electrons. The van der Waals surface area contributed by atoms with Crippen molar-refractivity contribution in [2.75, 3.05) is 11.9 Å². The van der Waals surface area contributed by atoms with E-state index in [9.17, 15) is 5.11 Å². The van der Waals surface area contributed by atoms with Gasteiger partial charge < -0.3 is 10.0 Å². The first-order valence-electron chi connectivity index (χ1n) is 7.83. The second-order valence-electron chi connectivity index (χ2n) is 5.66. The van der Waals surface area contributed by atoms with Crippen LogP contribution in [0.5, 0.6) is 0 Å². The van der Waals surface area contributed by atoms with Crippen molar-refractivity contribution in [1.29, 1.82) is 0 Å². The minimum Gasteiger partial charge on any atom is -0.386 e. The number of likely N-dealkylation sites (N-methyl/N-ethyl adjacent to an activating group) is 1. The number of anilines is 1. The van der Waals surface area contributed by atoms with E-state index in [4.69, 9.17) is 0 Å². The van der Waals surface area contributed by atoms with Crippen LogP contribution in [0.2, 0.25) is 0 Å². The lowest BCUT2D eigenvalue weighted by molar-refractivity contribution is 0.144. The number of aliphatic hydroxyl groups is 1. The minimum atomic E-state index is -0.608. The van der Waals surface area contributed by atoms with Gasteiger partial charge in [-0.25, -0.2) is 0 Å². The molecule has 0 aliphatic carbocycles. The smallest absolute Gasteiger partial charge is 0.103 e. The molecule has 0 heterocycles. The van der Waals surface area contributed by atoms with Gasteiger partial charge in [-0.3, -0.25) is 0 Å². The fourth-order valence-corrected chi connectivity index (χ4v) is 2.92. The van der Waals surface area contributed by atoms with Crippen LogP contribution < -0.4 is 4.90 Å². The van der Waals surface area contributed by atoms with Gasteiger partial charge in [0.15, 0.2) is 0 Å². The zero-order valence-corrected chi connectivity index (χ0v) is 13.2. The summed E-state index contributed by atoms with van der Waals surface area (Å²) in [5, 5.41) is 11.0. The van der Waals surface area contributed by atoms with E-state index in [1.54, 1.807) is 0 Å². The Morgan fingerprint density at radius 1 is 0.652 bits per heavy atom. The van der Waals surface area contributed by atoms with E-state index in [1.807, 2.05) is 73.8 Å². The molecule has 0 bridgehead atoms. The van der Waals surface area contributed by atoms with Crippen LogP contribution in [-0.2, 0) is 0 Å². The number of para-hydroxylation sites is 1. The number of rotatable bonds is 5. The maximum absolute atomic E-state index is 11.0. The summed E-state index contributed by atoms with van der Waals surface area (Å²) in [6, 6.07) is 30.0. The van der Waals surface area contributed by atoms with E-state index < -0.39 is 6.10 Å². The van der Waals surface area contributed by atoms with E-state index in [0.717, 1.165) is 16.8 Å². The van der Waals surface area contributed by atoms with Gasteiger partial charge in [0.2, 0.25) is 0 Å². The molecule has 2 atom stereocenters. The molecule has 2 nitrogen and oxygen atoms in total. The van der Waals surface area contributed by atoms with Crippen LogP contribution in [0, 0.1) is 0 Å². The Labute approximate surface area is 137 Å². The Hall–Kier alpha value is -2.58. The van der Waals surface area contributed by atoms with Crippen molar-refractivity contribution in [2.45, 2.75) is 12.1 Å². The zero-order valence-electron chi connectivity index (χ0n) is 13.2. The van der Waals surface area contributed by atoms with E-state index in [2.05, 4.69) is 29.2 Å². The van der Waals surface area contributed by atoms with Crippen molar-refractivity contribution in [2.24, 2.45) is 0 Å². The molecule has 0 spiro atoms. The Bertz CT molecular complexity index is 667. The van der Waals surface area contributed by atoms with Crippen molar-refractivity contribution in [1.82, 2.24) is 0 Å². The second kappa shape index (κ2) is 7.12. The highest BCUT2D eigenvalue weighted by molar-refractivity contribution is 5.49. The average Bonchev–Trinajstić information content (AvgIpc) is 2.64. The summed E-state index contributed by atoms with van der Waals surface area (Å²) >= 11 is 0. The molecule has 3 rings (SSSR count). The fourth-order valence-electron chi connectivity index (χ4n) is 2.92. The minimum absolute atomic E-state index is 0.152. The van der Waals surface area contributed by atoms with Crippen molar-refractivity contribution in [3.63, 3.8) is 0 Å². The number of nitrogens with zero attached hydrogens (tertiary/aromatic N) is 1. The molecule has 0 aliphatic heterocycles. The first-order chi connectivity index (χ1) is 11.3. The Morgan fingerprint density at radius 2 is 1.09 bits per heavy atom. The molecule has 3 aromatic carbocycles. The molecule has 2 heteroatoms. The summed E-state index contributed by atoms with van der Waals surface area (Å²) in [5.74, 6) is 0. The van der Waals surface area contributed by atoms with E-state index >= 15 is 0 Å². The third-order valence-corrected chi connectivity index (χ3v) is 4.16. The quantitative estimate of drug-likeness (QED) is 0.744. The molecule has 0 amide bonds. The highest BCUT2D eigenvalue weighted by atomic mass is 16.3. The lowest BCUT2D eigenvalue weighted by Gasteiger charge is -2.34. The van der Waals surface area contributed by atoms with E-state index in [-0.39, 0.29) is 6.04 Å². The molecular formula is C21H21NO. The average molecular weight is 303 g/mol. The third-order valence-electron chi connectivity index (χ3n) is 4.16.